The first-order valence-corrected chi connectivity index (χ1v) is 7.85. The summed E-state index contributed by atoms with van der Waals surface area (Å²) in [5.74, 6) is -3.53. The maximum Gasteiger partial charge on any atom is 0.266 e. The molecule has 1 saturated heterocycles. The highest BCUT2D eigenvalue weighted by Gasteiger charge is 2.37. The number of rotatable bonds is 6. The van der Waals surface area contributed by atoms with Gasteiger partial charge in [-0.1, -0.05) is 54.3 Å². The van der Waals surface area contributed by atoms with Crippen LogP contribution < -0.4 is 10.2 Å². The van der Waals surface area contributed by atoms with Gasteiger partial charge in [0.1, 0.15) is 4.32 Å². The standard InChI is InChI=1S/C15H13NO5S2/c17-12(18)7-6-10(14(20)21)16-13(19)11(23-15(16)22)8-9-4-2-1-3-5-9/h1-5,8,10H,6-7H2,(H,17,18)(H,20,21)/p-2/b11-8-/t10-/m1/s1. The fourth-order valence-corrected chi connectivity index (χ4v) is 3.41. The van der Waals surface area contributed by atoms with Gasteiger partial charge in [0.15, 0.2) is 0 Å². The molecule has 0 bridgehead atoms. The van der Waals surface area contributed by atoms with E-state index in [1.165, 1.54) is 0 Å². The number of hydrogen-bond acceptors (Lipinski definition) is 7. The van der Waals surface area contributed by atoms with Crippen LogP contribution in [0.1, 0.15) is 18.4 Å². The Morgan fingerprint density at radius 1 is 1.26 bits per heavy atom. The lowest BCUT2D eigenvalue weighted by Crippen LogP contribution is -2.50. The molecule has 0 N–H and O–H groups in total. The predicted octanol–water partition coefficient (Wildman–Crippen LogP) is -0.464. The third-order valence-electron chi connectivity index (χ3n) is 3.13. The van der Waals surface area contributed by atoms with Crippen LogP contribution in [0.15, 0.2) is 35.2 Å². The number of hydrogen-bond donors (Lipinski definition) is 0. The van der Waals surface area contributed by atoms with E-state index in [2.05, 4.69) is 0 Å². The minimum absolute atomic E-state index is 0.0599. The van der Waals surface area contributed by atoms with Gasteiger partial charge < -0.3 is 19.8 Å². The summed E-state index contributed by atoms with van der Waals surface area (Å²) >= 11 is 6.03. The molecule has 0 radical (unpaired) electrons. The van der Waals surface area contributed by atoms with E-state index in [0.717, 1.165) is 22.2 Å². The quantitative estimate of drug-likeness (QED) is 0.506. The minimum Gasteiger partial charge on any atom is -0.550 e. The maximum absolute atomic E-state index is 12.4. The lowest BCUT2D eigenvalue weighted by molar-refractivity contribution is -0.311. The van der Waals surface area contributed by atoms with E-state index >= 15 is 0 Å². The van der Waals surface area contributed by atoms with Crippen LogP contribution in [0.2, 0.25) is 0 Å². The predicted molar refractivity (Wildman–Crippen MR) is 84.5 cm³/mol. The number of carboxylic acids is 2. The maximum atomic E-state index is 12.4. The Morgan fingerprint density at radius 3 is 2.48 bits per heavy atom. The van der Waals surface area contributed by atoms with Crippen molar-refractivity contribution in [1.82, 2.24) is 4.90 Å². The normalized spacial score (nSPS) is 17.6. The van der Waals surface area contributed by atoms with Gasteiger partial charge in [-0.2, -0.15) is 0 Å². The largest absolute Gasteiger partial charge is 0.550 e. The lowest BCUT2D eigenvalue weighted by atomic mass is 10.1. The zero-order valence-corrected chi connectivity index (χ0v) is 13.4. The molecule has 0 aliphatic carbocycles. The first kappa shape index (κ1) is 17.2. The second-order valence-corrected chi connectivity index (χ2v) is 6.38. The molecule has 1 aromatic rings. The van der Waals surface area contributed by atoms with E-state index in [9.17, 15) is 24.6 Å². The first-order valence-electron chi connectivity index (χ1n) is 6.63. The Kier molecular flexibility index (Phi) is 5.51. The molecule has 1 fully saturated rings. The molecular formula is C15H11NO5S2-2. The van der Waals surface area contributed by atoms with E-state index in [1.54, 1.807) is 30.3 Å². The number of amides is 1. The Morgan fingerprint density at radius 2 is 1.91 bits per heavy atom. The second kappa shape index (κ2) is 7.38. The molecule has 23 heavy (non-hydrogen) atoms. The van der Waals surface area contributed by atoms with Crippen molar-refractivity contribution in [3.63, 3.8) is 0 Å². The molecule has 0 aromatic heterocycles. The van der Waals surface area contributed by atoms with Crippen LogP contribution in [-0.2, 0) is 14.4 Å². The van der Waals surface area contributed by atoms with Gasteiger partial charge >= 0.3 is 0 Å². The van der Waals surface area contributed by atoms with Gasteiger partial charge in [-0.25, -0.2) is 0 Å². The summed E-state index contributed by atoms with van der Waals surface area (Å²) in [4.78, 5) is 35.4. The van der Waals surface area contributed by atoms with Gasteiger partial charge in [-0.05, 0) is 24.5 Å². The van der Waals surface area contributed by atoms with Crippen LogP contribution in [0.25, 0.3) is 6.08 Å². The summed E-state index contributed by atoms with van der Waals surface area (Å²) in [6, 6.07) is 7.58. The van der Waals surface area contributed by atoms with Crippen molar-refractivity contribution in [2.24, 2.45) is 0 Å². The highest BCUT2D eigenvalue weighted by molar-refractivity contribution is 8.26. The summed E-state index contributed by atoms with van der Waals surface area (Å²) in [5, 5.41) is 21.8. The number of carboxylic acid groups (broad SMARTS) is 2. The molecule has 1 amide bonds. The van der Waals surface area contributed by atoms with Crippen molar-refractivity contribution in [2.75, 3.05) is 0 Å². The van der Waals surface area contributed by atoms with E-state index in [1.807, 2.05) is 6.07 Å². The Labute approximate surface area is 141 Å². The molecule has 0 unspecified atom stereocenters. The van der Waals surface area contributed by atoms with Gasteiger partial charge in [0.25, 0.3) is 5.91 Å². The average molecular weight is 349 g/mol. The van der Waals surface area contributed by atoms with Crippen LogP contribution in [-0.4, -0.2) is 33.1 Å². The SMILES string of the molecule is O=C([O-])CC[C@H](C(=O)[O-])N1C(=O)/C(=C/c2ccccc2)SC1=S. The van der Waals surface area contributed by atoms with Crippen molar-refractivity contribution >= 4 is 52.2 Å². The molecule has 1 heterocycles. The summed E-state index contributed by atoms with van der Waals surface area (Å²) in [6.45, 7) is 0. The van der Waals surface area contributed by atoms with E-state index in [0.29, 0.717) is 0 Å². The van der Waals surface area contributed by atoms with Crippen LogP contribution in [0.4, 0.5) is 0 Å². The van der Waals surface area contributed by atoms with E-state index in [4.69, 9.17) is 12.2 Å². The molecule has 1 aromatic carbocycles. The van der Waals surface area contributed by atoms with Gasteiger partial charge in [-0.15, -0.1) is 0 Å². The molecule has 6 nitrogen and oxygen atoms in total. The van der Waals surface area contributed by atoms with Gasteiger partial charge in [0.05, 0.1) is 16.9 Å². The van der Waals surface area contributed by atoms with Crippen molar-refractivity contribution < 1.29 is 24.6 Å². The van der Waals surface area contributed by atoms with E-state index < -0.39 is 30.3 Å². The Balaban J connectivity index is 2.24. The number of carbonyl (C=O) groups excluding carboxylic acids is 3. The van der Waals surface area contributed by atoms with Crippen LogP contribution in [0.3, 0.4) is 0 Å². The summed E-state index contributed by atoms with van der Waals surface area (Å²) < 4.78 is 0.0599. The number of aliphatic carboxylic acids is 2. The smallest absolute Gasteiger partial charge is 0.266 e. The fourth-order valence-electron chi connectivity index (χ4n) is 2.06. The number of nitrogens with zero attached hydrogens (tertiary/aromatic N) is 1. The van der Waals surface area contributed by atoms with Crippen molar-refractivity contribution in [3.8, 4) is 0 Å². The minimum atomic E-state index is -1.55. The molecule has 1 aliphatic rings. The average Bonchev–Trinajstić information content (AvgIpc) is 2.75. The zero-order valence-electron chi connectivity index (χ0n) is 11.8. The topological polar surface area (TPSA) is 101 Å². The highest BCUT2D eigenvalue weighted by atomic mass is 32.2. The summed E-state index contributed by atoms with van der Waals surface area (Å²) in [6.07, 6.45) is 0.771. The van der Waals surface area contributed by atoms with Crippen LogP contribution in [0.5, 0.6) is 0 Å². The van der Waals surface area contributed by atoms with Crippen LogP contribution in [0, 0.1) is 0 Å². The summed E-state index contributed by atoms with van der Waals surface area (Å²) in [5.41, 5.74) is 0.771. The van der Waals surface area contributed by atoms with Gasteiger partial charge in [-0.3, -0.25) is 9.69 Å². The number of thioether (sulfide) groups is 1. The first-order chi connectivity index (χ1) is 10.9. The highest BCUT2D eigenvalue weighted by Crippen LogP contribution is 2.34. The molecular weight excluding hydrogens is 338 g/mol. The number of thiocarbonyl (C=S) groups is 1. The lowest BCUT2D eigenvalue weighted by Gasteiger charge is -2.27. The fraction of sp³-hybridized carbons (Fsp3) is 0.200. The van der Waals surface area contributed by atoms with Gasteiger partial charge in [0, 0.05) is 5.97 Å². The second-order valence-electron chi connectivity index (χ2n) is 4.71. The Hall–Kier alpha value is -2.19. The van der Waals surface area contributed by atoms with Crippen LogP contribution >= 0.6 is 24.0 Å². The zero-order chi connectivity index (χ0) is 17.0. The molecule has 0 saturated carbocycles. The summed E-state index contributed by atoms with van der Waals surface area (Å²) in [7, 11) is 0. The molecule has 8 heteroatoms. The molecule has 120 valence electrons. The van der Waals surface area contributed by atoms with Gasteiger partial charge in [0.2, 0.25) is 0 Å². The number of benzene rings is 1. The molecule has 1 atom stereocenters. The third-order valence-corrected chi connectivity index (χ3v) is 4.46. The molecule has 1 aliphatic heterocycles. The molecule has 2 rings (SSSR count). The number of carbonyl (C=O) groups is 3. The van der Waals surface area contributed by atoms with Crippen molar-refractivity contribution in [1.29, 1.82) is 0 Å². The monoisotopic (exact) mass is 349 g/mol. The third kappa shape index (κ3) is 4.17. The van der Waals surface area contributed by atoms with Crippen molar-refractivity contribution in [2.45, 2.75) is 18.9 Å². The van der Waals surface area contributed by atoms with E-state index in [-0.39, 0.29) is 15.6 Å². The Bertz CT molecular complexity index is 686. The molecule has 0 spiro atoms. The van der Waals surface area contributed by atoms with Crippen molar-refractivity contribution in [3.05, 3.63) is 40.8 Å².